The van der Waals surface area contributed by atoms with Crippen molar-refractivity contribution in [3.05, 3.63) is 42.0 Å². The van der Waals surface area contributed by atoms with Gasteiger partial charge in [-0.3, -0.25) is 0 Å². The first-order chi connectivity index (χ1) is 8.63. The summed E-state index contributed by atoms with van der Waals surface area (Å²) in [5.41, 5.74) is 2.64. The Kier molecular flexibility index (Phi) is 5.94. The van der Waals surface area contributed by atoms with E-state index in [0.717, 1.165) is 16.8 Å². The molecule has 0 aliphatic carbocycles. The van der Waals surface area contributed by atoms with Gasteiger partial charge in [-0.1, -0.05) is 30.4 Å². The second-order valence-electron chi connectivity index (χ2n) is 4.06. The van der Waals surface area contributed by atoms with Crippen LogP contribution in [0.15, 0.2) is 36.4 Å². The standard InChI is InChI=1S/C14H20N2O2/c1-4-18-10-12-7-5-6-8-13(12)16-14(17)15-9-11(2)3/h5-8H,2,4,9-10H2,1,3H3,(H2,15,16,17). The Morgan fingerprint density at radius 3 is 2.78 bits per heavy atom. The van der Waals surface area contributed by atoms with Crippen molar-refractivity contribution >= 4 is 11.7 Å². The fraction of sp³-hybridized carbons (Fsp3) is 0.357. The van der Waals surface area contributed by atoms with Gasteiger partial charge in [-0.25, -0.2) is 4.79 Å². The van der Waals surface area contributed by atoms with Gasteiger partial charge in [0.25, 0.3) is 0 Å². The Morgan fingerprint density at radius 2 is 2.11 bits per heavy atom. The summed E-state index contributed by atoms with van der Waals surface area (Å²) in [6.45, 7) is 9.15. The van der Waals surface area contributed by atoms with Crippen molar-refractivity contribution in [2.75, 3.05) is 18.5 Å². The molecule has 0 atom stereocenters. The van der Waals surface area contributed by atoms with Crippen LogP contribution in [0.4, 0.5) is 10.5 Å². The summed E-state index contributed by atoms with van der Waals surface area (Å²) >= 11 is 0. The molecule has 0 radical (unpaired) electrons. The fourth-order valence-electron chi connectivity index (χ4n) is 1.38. The van der Waals surface area contributed by atoms with Crippen molar-refractivity contribution in [2.24, 2.45) is 0 Å². The lowest BCUT2D eigenvalue weighted by Crippen LogP contribution is -2.30. The topological polar surface area (TPSA) is 50.4 Å². The van der Waals surface area contributed by atoms with Crippen LogP contribution >= 0.6 is 0 Å². The molecule has 0 spiro atoms. The average molecular weight is 248 g/mol. The van der Waals surface area contributed by atoms with Crippen molar-refractivity contribution in [3.8, 4) is 0 Å². The van der Waals surface area contributed by atoms with E-state index in [1.807, 2.05) is 38.1 Å². The zero-order chi connectivity index (χ0) is 13.4. The maximum absolute atomic E-state index is 11.6. The van der Waals surface area contributed by atoms with Gasteiger partial charge >= 0.3 is 6.03 Å². The highest BCUT2D eigenvalue weighted by atomic mass is 16.5. The van der Waals surface area contributed by atoms with E-state index < -0.39 is 0 Å². The number of hydrogen-bond donors (Lipinski definition) is 2. The Hall–Kier alpha value is -1.81. The lowest BCUT2D eigenvalue weighted by molar-refractivity contribution is 0.134. The predicted octanol–water partition coefficient (Wildman–Crippen LogP) is 2.92. The summed E-state index contributed by atoms with van der Waals surface area (Å²) in [5, 5.41) is 5.53. The predicted molar refractivity (Wildman–Crippen MR) is 73.6 cm³/mol. The normalized spacial score (nSPS) is 9.89. The van der Waals surface area contributed by atoms with Crippen LogP contribution in [-0.4, -0.2) is 19.2 Å². The minimum Gasteiger partial charge on any atom is -0.377 e. The molecule has 1 aromatic rings. The average Bonchev–Trinajstić information content (AvgIpc) is 2.35. The molecule has 1 aromatic carbocycles. The second-order valence-corrected chi connectivity index (χ2v) is 4.06. The third-order valence-corrected chi connectivity index (χ3v) is 2.28. The van der Waals surface area contributed by atoms with Crippen LogP contribution in [0.1, 0.15) is 19.4 Å². The molecule has 0 saturated carbocycles. The smallest absolute Gasteiger partial charge is 0.319 e. The number of ether oxygens (including phenoxy) is 1. The number of carbonyl (C=O) groups excluding carboxylic acids is 1. The van der Waals surface area contributed by atoms with Crippen molar-refractivity contribution in [2.45, 2.75) is 20.5 Å². The van der Waals surface area contributed by atoms with E-state index in [9.17, 15) is 4.79 Å². The van der Waals surface area contributed by atoms with Gasteiger partial charge in [0.1, 0.15) is 0 Å². The molecule has 0 aliphatic heterocycles. The second kappa shape index (κ2) is 7.50. The number of anilines is 1. The van der Waals surface area contributed by atoms with Crippen LogP contribution in [0.25, 0.3) is 0 Å². The lowest BCUT2D eigenvalue weighted by atomic mass is 10.2. The molecule has 0 aliphatic rings. The molecule has 2 amide bonds. The molecule has 4 heteroatoms. The van der Waals surface area contributed by atoms with Crippen molar-refractivity contribution < 1.29 is 9.53 Å². The number of rotatable bonds is 6. The first-order valence-electron chi connectivity index (χ1n) is 5.98. The first kappa shape index (κ1) is 14.3. The summed E-state index contributed by atoms with van der Waals surface area (Å²) in [6.07, 6.45) is 0. The number of hydrogen-bond acceptors (Lipinski definition) is 2. The van der Waals surface area contributed by atoms with Crippen LogP contribution in [0, 0.1) is 0 Å². The highest BCUT2D eigenvalue weighted by Crippen LogP contribution is 2.15. The van der Waals surface area contributed by atoms with Gasteiger partial charge in [-0.15, -0.1) is 0 Å². The van der Waals surface area contributed by atoms with Gasteiger partial charge in [0, 0.05) is 24.4 Å². The zero-order valence-electron chi connectivity index (χ0n) is 11.0. The Labute approximate surface area is 108 Å². The van der Waals surface area contributed by atoms with Crippen LogP contribution in [-0.2, 0) is 11.3 Å². The number of benzene rings is 1. The van der Waals surface area contributed by atoms with E-state index in [2.05, 4.69) is 17.2 Å². The molecule has 1 rings (SSSR count). The van der Waals surface area contributed by atoms with E-state index >= 15 is 0 Å². The summed E-state index contributed by atoms with van der Waals surface area (Å²) in [4.78, 5) is 11.6. The first-order valence-corrected chi connectivity index (χ1v) is 5.98. The Balaban J connectivity index is 2.59. The van der Waals surface area contributed by atoms with Crippen molar-refractivity contribution in [1.82, 2.24) is 5.32 Å². The van der Waals surface area contributed by atoms with E-state index in [-0.39, 0.29) is 6.03 Å². The fourth-order valence-corrected chi connectivity index (χ4v) is 1.38. The summed E-state index contributed by atoms with van der Waals surface area (Å²) < 4.78 is 5.35. The van der Waals surface area contributed by atoms with Gasteiger partial charge in [0.15, 0.2) is 0 Å². The lowest BCUT2D eigenvalue weighted by Gasteiger charge is -2.11. The van der Waals surface area contributed by atoms with Crippen LogP contribution in [0.5, 0.6) is 0 Å². The quantitative estimate of drug-likeness (QED) is 0.760. The molecule has 4 nitrogen and oxygen atoms in total. The molecular formula is C14H20N2O2. The highest BCUT2D eigenvalue weighted by Gasteiger charge is 2.05. The summed E-state index contributed by atoms with van der Waals surface area (Å²) in [6, 6.07) is 7.36. The van der Waals surface area contributed by atoms with E-state index in [0.29, 0.717) is 19.8 Å². The van der Waals surface area contributed by atoms with Gasteiger partial charge in [0.05, 0.1) is 6.61 Å². The molecule has 0 aromatic heterocycles. The molecule has 0 saturated heterocycles. The largest absolute Gasteiger partial charge is 0.377 e. The van der Waals surface area contributed by atoms with Crippen LogP contribution in [0.3, 0.4) is 0 Å². The minimum atomic E-state index is -0.234. The van der Waals surface area contributed by atoms with Crippen molar-refractivity contribution in [3.63, 3.8) is 0 Å². The van der Waals surface area contributed by atoms with E-state index in [4.69, 9.17) is 4.74 Å². The molecular weight excluding hydrogens is 228 g/mol. The summed E-state index contributed by atoms with van der Waals surface area (Å²) in [7, 11) is 0. The Morgan fingerprint density at radius 1 is 1.39 bits per heavy atom. The molecule has 2 N–H and O–H groups in total. The maximum atomic E-state index is 11.6. The van der Waals surface area contributed by atoms with Gasteiger partial charge in [0.2, 0.25) is 0 Å². The van der Waals surface area contributed by atoms with Crippen LogP contribution < -0.4 is 10.6 Å². The number of carbonyl (C=O) groups is 1. The highest BCUT2D eigenvalue weighted by molar-refractivity contribution is 5.90. The number of nitrogens with one attached hydrogen (secondary N) is 2. The third kappa shape index (κ3) is 5.01. The Bertz CT molecular complexity index is 416. The van der Waals surface area contributed by atoms with Gasteiger partial charge < -0.3 is 15.4 Å². The van der Waals surface area contributed by atoms with Crippen molar-refractivity contribution in [1.29, 1.82) is 0 Å². The molecule has 18 heavy (non-hydrogen) atoms. The number of amides is 2. The molecule has 0 unspecified atom stereocenters. The summed E-state index contributed by atoms with van der Waals surface area (Å²) in [5.74, 6) is 0. The van der Waals surface area contributed by atoms with E-state index in [1.165, 1.54) is 0 Å². The van der Waals surface area contributed by atoms with Gasteiger partial charge in [-0.2, -0.15) is 0 Å². The number of para-hydroxylation sites is 1. The maximum Gasteiger partial charge on any atom is 0.319 e. The van der Waals surface area contributed by atoms with Gasteiger partial charge in [-0.05, 0) is 19.9 Å². The SMILES string of the molecule is C=C(C)CNC(=O)Nc1ccccc1COCC. The molecule has 0 heterocycles. The minimum absolute atomic E-state index is 0.234. The third-order valence-electron chi connectivity index (χ3n) is 2.28. The molecule has 0 bridgehead atoms. The zero-order valence-corrected chi connectivity index (χ0v) is 11.0. The number of urea groups is 1. The van der Waals surface area contributed by atoms with E-state index in [1.54, 1.807) is 0 Å². The molecule has 0 fully saturated rings. The monoisotopic (exact) mass is 248 g/mol. The molecule has 98 valence electrons. The van der Waals surface area contributed by atoms with Crippen LogP contribution in [0.2, 0.25) is 0 Å².